The van der Waals surface area contributed by atoms with E-state index in [2.05, 4.69) is 0 Å². The van der Waals surface area contributed by atoms with Gasteiger partial charge in [0.2, 0.25) is 0 Å². The van der Waals surface area contributed by atoms with Crippen molar-refractivity contribution in [2.75, 3.05) is 0 Å². The highest BCUT2D eigenvalue weighted by Crippen LogP contribution is 2.38. The van der Waals surface area contributed by atoms with Gasteiger partial charge >= 0.3 is 0 Å². The standard InChI is InChI=1S/C16H11NO3/c17-9-10-4-6-11(7-5-10)15-8-13(19)16-12(18)2-1-3-14(16)20-15/h1-7,15,18H,8H2. The van der Waals surface area contributed by atoms with Crippen LogP contribution >= 0.6 is 0 Å². The molecule has 3 rings (SSSR count). The third-order valence-corrected chi connectivity index (χ3v) is 3.33. The van der Waals surface area contributed by atoms with E-state index in [4.69, 9.17) is 10.00 Å². The Labute approximate surface area is 115 Å². The third kappa shape index (κ3) is 1.99. The summed E-state index contributed by atoms with van der Waals surface area (Å²) in [7, 11) is 0. The summed E-state index contributed by atoms with van der Waals surface area (Å²) < 4.78 is 5.78. The summed E-state index contributed by atoms with van der Waals surface area (Å²) in [5.41, 5.74) is 1.65. The largest absolute Gasteiger partial charge is 0.507 e. The van der Waals surface area contributed by atoms with Gasteiger partial charge in [-0.1, -0.05) is 18.2 Å². The smallest absolute Gasteiger partial charge is 0.174 e. The number of phenols is 1. The topological polar surface area (TPSA) is 70.3 Å². The van der Waals surface area contributed by atoms with Crippen LogP contribution in [0.1, 0.15) is 34.0 Å². The van der Waals surface area contributed by atoms with Crippen LogP contribution in [0.5, 0.6) is 11.5 Å². The van der Waals surface area contributed by atoms with Crippen LogP contribution in [-0.4, -0.2) is 10.9 Å². The molecule has 0 bridgehead atoms. The fourth-order valence-electron chi connectivity index (χ4n) is 2.32. The average molecular weight is 265 g/mol. The Kier molecular flexibility index (Phi) is 2.88. The van der Waals surface area contributed by atoms with Crippen LogP contribution < -0.4 is 4.74 Å². The lowest BCUT2D eigenvalue weighted by atomic mass is 9.95. The number of phenolic OH excluding ortho intramolecular Hbond substituents is 1. The SMILES string of the molecule is N#Cc1ccc(C2CC(=O)c3c(O)cccc3O2)cc1. The first kappa shape index (κ1) is 12.2. The van der Waals surface area contributed by atoms with Crippen molar-refractivity contribution in [3.8, 4) is 17.6 Å². The van der Waals surface area contributed by atoms with Gasteiger partial charge in [-0.2, -0.15) is 5.26 Å². The molecule has 4 nitrogen and oxygen atoms in total. The number of nitrogens with zero attached hydrogens (tertiary/aromatic N) is 1. The highest BCUT2D eigenvalue weighted by Gasteiger charge is 2.29. The first-order valence-corrected chi connectivity index (χ1v) is 6.21. The van der Waals surface area contributed by atoms with Crippen LogP contribution in [0.25, 0.3) is 0 Å². The van der Waals surface area contributed by atoms with Crippen LogP contribution in [0.15, 0.2) is 42.5 Å². The molecule has 1 aliphatic rings. The van der Waals surface area contributed by atoms with Gasteiger partial charge < -0.3 is 9.84 Å². The van der Waals surface area contributed by atoms with Gasteiger partial charge in [0, 0.05) is 0 Å². The molecule has 1 heterocycles. The fourth-order valence-corrected chi connectivity index (χ4v) is 2.32. The lowest BCUT2D eigenvalue weighted by molar-refractivity contribution is 0.0845. The molecule has 1 aliphatic heterocycles. The maximum absolute atomic E-state index is 12.1. The summed E-state index contributed by atoms with van der Waals surface area (Å²) in [6.45, 7) is 0. The molecule has 1 N–H and O–H groups in total. The molecular formula is C16H11NO3. The predicted molar refractivity (Wildman–Crippen MR) is 71.6 cm³/mol. The lowest BCUT2D eigenvalue weighted by Crippen LogP contribution is -2.20. The summed E-state index contributed by atoms with van der Waals surface area (Å²) in [5, 5.41) is 18.5. The molecule has 1 unspecified atom stereocenters. The van der Waals surface area contributed by atoms with E-state index in [-0.39, 0.29) is 29.6 Å². The molecule has 2 aromatic rings. The minimum absolute atomic E-state index is 0.0502. The Morgan fingerprint density at radius 3 is 2.65 bits per heavy atom. The van der Waals surface area contributed by atoms with E-state index >= 15 is 0 Å². The zero-order valence-corrected chi connectivity index (χ0v) is 10.5. The number of hydrogen-bond acceptors (Lipinski definition) is 4. The Hall–Kier alpha value is -2.80. The summed E-state index contributed by atoms with van der Waals surface area (Å²) in [5.74, 6) is 0.208. The van der Waals surface area contributed by atoms with Gasteiger partial charge in [0.25, 0.3) is 0 Å². The van der Waals surface area contributed by atoms with Gasteiger partial charge in [0.15, 0.2) is 5.78 Å². The highest BCUT2D eigenvalue weighted by atomic mass is 16.5. The van der Waals surface area contributed by atoms with E-state index in [1.807, 2.05) is 6.07 Å². The van der Waals surface area contributed by atoms with Crippen molar-refractivity contribution in [2.24, 2.45) is 0 Å². The van der Waals surface area contributed by atoms with Gasteiger partial charge in [-0.05, 0) is 29.8 Å². The van der Waals surface area contributed by atoms with E-state index in [1.54, 1.807) is 36.4 Å². The second-order valence-corrected chi connectivity index (χ2v) is 4.62. The van der Waals surface area contributed by atoms with Crippen molar-refractivity contribution in [3.63, 3.8) is 0 Å². The molecule has 2 aromatic carbocycles. The van der Waals surface area contributed by atoms with Crippen LogP contribution in [0.4, 0.5) is 0 Å². The van der Waals surface area contributed by atoms with Crippen molar-refractivity contribution in [2.45, 2.75) is 12.5 Å². The Balaban J connectivity index is 1.95. The molecule has 98 valence electrons. The predicted octanol–water partition coefficient (Wildman–Crippen LogP) is 2.97. The number of ether oxygens (including phenoxy) is 1. The summed E-state index contributed by atoms with van der Waals surface area (Å²) in [4.78, 5) is 12.1. The van der Waals surface area contributed by atoms with E-state index < -0.39 is 0 Å². The first-order chi connectivity index (χ1) is 9.69. The van der Waals surface area contributed by atoms with Crippen molar-refractivity contribution < 1.29 is 14.6 Å². The number of hydrogen-bond donors (Lipinski definition) is 1. The van der Waals surface area contributed by atoms with Gasteiger partial charge in [-0.25, -0.2) is 0 Å². The average Bonchev–Trinajstić information content (AvgIpc) is 2.47. The molecule has 0 radical (unpaired) electrons. The number of benzene rings is 2. The lowest BCUT2D eigenvalue weighted by Gasteiger charge is -2.25. The minimum Gasteiger partial charge on any atom is -0.507 e. The number of ketones is 1. The van der Waals surface area contributed by atoms with Gasteiger partial charge in [-0.15, -0.1) is 0 Å². The molecule has 0 amide bonds. The van der Waals surface area contributed by atoms with E-state index in [0.717, 1.165) is 5.56 Å². The molecule has 1 atom stereocenters. The number of carbonyl (C=O) groups excluding carboxylic acids is 1. The molecule has 0 saturated carbocycles. The zero-order chi connectivity index (χ0) is 14.1. The molecule has 0 aliphatic carbocycles. The number of rotatable bonds is 1. The third-order valence-electron chi connectivity index (χ3n) is 3.33. The Bertz CT molecular complexity index is 713. The van der Waals surface area contributed by atoms with Crippen LogP contribution in [-0.2, 0) is 0 Å². The summed E-state index contributed by atoms with van der Waals surface area (Å²) >= 11 is 0. The molecule has 0 aromatic heterocycles. The maximum Gasteiger partial charge on any atom is 0.174 e. The van der Waals surface area contributed by atoms with E-state index in [1.165, 1.54) is 6.07 Å². The fraction of sp³-hybridized carbons (Fsp3) is 0.125. The number of carbonyl (C=O) groups is 1. The Morgan fingerprint density at radius 2 is 1.95 bits per heavy atom. The van der Waals surface area contributed by atoms with Crippen molar-refractivity contribution in [1.82, 2.24) is 0 Å². The number of fused-ring (bicyclic) bond motifs is 1. The van der Waals surface area contributed by atoms with Crippen LogP contribution in [0, 0.1) is 11.3 Å². The van der Waals surface area contributed by atoms with Crippen molar-refractivity contribution in [1.29, 1.82) is 5.26 Å². The molecule has 0 saturated heterocycles. The Morgan fingerprint density at radius 1 is 1.20 bits per heavy atom. The first-order valence-electron chi connectivity index (χ1n) is 6.21. The maximum atomic E-state index is 12.1. The monoisotopic (exact) mass is 265 g/mol. The second kappa shape index (κ2) is 4.71. The molecular weight excluding hydrogens is 254 g/mol. The van der Waals surface area contributed by atoms with Gasteiger partial charge in [0.05, 0.1) is 18.1 Å². The number of nitriles is 1. The summed E-state index contributed by atoms with van der Waals surface area (Å²) in [6.07, 6.45) is -0.208. The van der Waals surface area contributed by atoms with Gasteiger partial charge in [0.1, 0.15) is 23.2 Å². The van der Waals surface area contributed by atoms with Crippen molar-refractivity contribution >= 4 is 5.78 Å². The highest BCUT2D eigenvalue weighted by molar-refractivity contribution is 6.02. The van der Waals surface area contributed by atoms with Crippen molar-refractivity contribution in [3.05, 3.63) is 59.2 Å². The molecule has 0 spiro atoms. The summed E-state index contributed by atoms with van der Waals surface area (Å²) in [6, 6.07) is 13.8. The van der Waals surface area contributed by atoms with E-state index in [9.17, 15) is 9.90 Å². The van der Waals surface area contributed by atoms with Crippen LogP contribution in [0.2, 0.25) is 0 Å². The zero-order valence-electron chi connectivity index (χ0n) is 10.5. The number of aromatic hydroxyl groups is 1. The van der Waals surface area contributed by atoms with E-state index in [0.29, 0.717) is 11.3 Å². The number of Topliss-reactive ketones (excluding diaryl/α,β-unsaturated/α-hetero) is 1. The molecule has 0 fully saturated rings. The quantitative estimate of drug-likeness (QED) is 0.860. The molecule has 20 heavy (non-hydrogen) atoms. The second-order valence-electron chi connectivity index (χ2n) is 4.62. The molecule has 4 heteroatoms. The van der Waals surface area contributed by atoms with Crippen LogP contribution in [0.3, 0.4) is 0 Å². The van der Waals surface area contributed by atoms with Gasteiger partial charge in [-0.3, -0.25) is 4.79 Å². The minimum atomic E-state index is -0.385. The normalized spacial score (nSPS) is 16.9.